The molecule has 0 aromatic heterocycles. The van der Waals surface area contributed by atoms with Gasteiger partial charge in [-0.15, -0.1) is 0 Å². The van der Waals surface area contributed by atoms with Gasteiger partial charge in [0, 0.05) is 5.03 Å². The van der Waals surface area contributed by atoms with Gasteiger partial charge in [-0.3, -0.25) is 0 Å². The van der Waals surface area contributed by atoms with Crippen LogP contribution in [0.25, 0.3) is 0 Å². The van der Waals surface area contributed by atoms with Crippen molar-refractivity contribution in [1.82, 2.24) is 0 Å². The summed E-state index contributed by atoms with van der Waals surface area (Å²) in [6, 6.07) is 0. The van der Waals surface area contributed by atoms with Crippen LogP contribution in [0.2, 0.25) is 0 Å². The molecule has 0 unspecified atom stereocenters. The Hall–Kier alpha value is -0.0100. The molecule has 0 heterocycles. The summed E-state index contributed by atoms with van der Waals surface area (Å²) in [5.41, 5.74) is 0. The molecule has 2 heteroatoms. The molecule has 0 bridgehead atoms. The predicted octanol–water partition coefficient (Wildman–Crippen LogP) is 1.56. The number of hydrogen-bond acceptors (Lipinski definition) is 0. The molecule has 0 saturated heterocycles. The smallest absolute Gasteiger partial charge is 0.117 e. The van der Waals surface area contributed by atoms with Gasteiger partial charge in [-0.05, 0) is 6.92 Å². The van der Waals surface area contributed by atoms with Gasteiger partial charge in [0.1, 0.15) is 6.61 Å². The Bertz CT molecular complexity index is 58.6. The lowest BCUT2D eigenvalue weighted by Crippen LogP contribution is -1.73. The molecule has 0 aromatic carbocycles. The van der Waals surface area contributed by atoms with Crippen molar-refractivity contribution in [2.45, 2.75) is 6.92 Å². The lowest BCUT2D eigenvalue weighted by atomic mass is 10.5. The van der Waals surface area contributed by atoms with Crippen molar-refractivity contribution in [2.75, 3.05) is 6.61 Å². The number of rotatable bonds is 1. The van der Waals surface area contributed by atoms with E-state index in [4.69, 9.17) is 11.6 Å². The standard InChI is InChI=1S/C4H6ClO/c1-2-4(5)3-6/h2H,3H2,1H3. The highest BCUT2D eigenvalue weighted by molar-refractivity contribution is 6.29. The third kappa shape index (κ3) is 2.24. The molecule has 0 aliphatic carbocycles. The van der Waals surface area contributed by atoms with Crippen LogP contribution in [0.1, 0.15) is 6.92 Å². The van der Waals surface area contributed by atoms with Gasteiger partial charge < -0.3 is 0 Å². The van der Waals surface area contributed by atoms with Gasteiger partial charge in [-0.2, -0.15) is 0 Å². The summed E-state index contributed by atoms with van der Waals surface area (Å²) < 4.78 is 0. The van der Waals surface area contributed by atoms with E-state index in [-0.39, 0.29) is 6.61 Å². The molecule has 0 aromatic rings. The number of hydrogen-bond donors (Lipinski definition) is 0. The number of allylic oxidation sites excluding steroid dienone is 1. The zero-order valence-electron chi connectivity index (χ0n) is 3.57. The first kappa shape index (κ1) is 5.99. The summed E-state index contributed by atoms with van der Waals surface area (Å²) in [6.07, 6.45) is 1.59. The van der Waals surface area contributed by atoms with Crippen molar-refractivity contribution >= 4 is 11.6 Å². The normalized spacial score (nSPS) is 12.2. The third-order valence-electron chi connectivity index (χ3n) is 0.451. The number of halogens is 1. The Morgan fingerprint density at radius 2 is 2.50 bits per heavy atom. The van der Waals surface area contributed by atoms with Crippen LogP contribution in [-0.4, -0.2) is 6.61 Å². The van der Waals surface area contributed by atoms with E-state index in [0.717, 1.165) is 0 Å². The van der Waals surface area contributed by atoms with Crippen LogP contribution in [0, 0.1) is 0 Å². The van der Waals surface area contributed by atoms with Crippen LogP contribution in [-0.2, 0) is 5.11 Å². The molecule has 0 aliphatic heterocycles. The topological polar surface area (TPSA) is 19.9 Å². The lowest BCUT2D eigenvalue weighted by Gasteiger charge is -1.78. The fraction of sp³-hybridized carbons (Fsp3) is 0.500. The molecule has 0 aliphatic rings. The Kier molecular flexibility index (Phi) is 3.19. The van der Waals surface area contributed by atoms with Crippen molar-refractivity contribution in [3.63, 3.8) is 0 Å². The maximum atomic E-state index is 9.66. The Labute approximate surface area is 42.2 Å². The molecular formula is C4H6ClO. The fourth-order valence-electron chi connectivity index (χ4n) is 0.0833. The fourth-order valence-corrected chi connectivity index (χ4v) is 0.0833. The monoisotopic (exact) mass is 105 g/mol. The van der Waals surface area contributed by atoms with Crippen LogP contribution < -0.4 is 0 Å². The summed E-state index contributed by atoms with van der Waals surface area (Å²) in [7, 11) is 0. The van der Waals surface area contributed by atoms with E-state index in [1.54, 1.807) is 13.0 Å². The van der Waals surface area contributed by atoms with Crippen LogP contribution in [0.15, 0.2) is 11.1 Å². The van der Waals surface area contributed by atoms with Crippen LogP contribution in [0.4, 0.5) is 0 Å². The zero-order chi connectivity index (χ0) is 4.99. The van der Waals surface area contributed by atoms with E-state index >= 15 is 0 Å². The minimum atomic E-state index is -0.294. The van der Waals surface area contributed by atoms with Gasteiger partial charge in [0.05, 0.1) is 0 Å². The van der Waals surface area contributed by atoms with E-state index in [1.165, 1.54) is 0 Å². The van der Waals surface area contributed by atoms with Crippen molar-refractivity contribution in [2.24, 2.45) is 0 Å². The molecule has 0 rings (SSSR count). The second-order valence-electron chi connectivity index (χ2n) is 0.880. The van der Waals surface area contributed by atoms with E-state index in [9.17, 15) is 5.11 Å². The second-order valence-corrected chi connectivity index (χ2v) is 1.37. The average Bonchev–Trinajstić information content (AvgIpc) is 1.65. The summed E-state index contributed by atoms with van der Waals surface area (Å²) in [5, 5.41) is 10.0. The lowest BCUT2D eigenvalue weighted by molar-refractivity contribution is 0.229. The van der Waals surface area contributed by atoms with Crippen molar-refractivity contribution < 1.29 is 5.11 Å². The van der Waals surface area contributed by atoms with E-state index < -0.39 is 0 Å². The molecule has 0 atom stereocenters. The molecule has 0 spiro atoms. The van der Waals surface area contributed by atoms with Gasteiger partial charge in [-0.1, -0.05) is 17.7 Å². The van der Waals surface area contributed by atoms with Gasteiger partial charge >= 0.3 is 0 Å². The Balaban J connectivity index is 3.22. The zero-order valence-corrected chi connectivity index (χ0v) is 4.33. The molecule has 1 nitrogen and oxygen atoms in total. The van der Waals surface area contributed by atoms with E-state index in [2.05, 4.69) is 0 Å². The maximum Gasteiger partial charge on any atom is 0.117 e. The predicted molar refractivity (Wildman–Crippen MR) is 25.2 cm³/mol. The summed E-state index contributed by atoms with van der Waals surface area (Å²) in [4.78, 5) is 0. The SMILES string of the molecule is CC=C(Cl)C[O]. The largest absolute Gasteiger partial charge is 0.231 e. The Morgan fingerprint density at radius 3 is 2.50 bits per heavy atom. The highest BCUT2D eigenvalue weighted by Crippen LogP contribution is 1.95. The van der Waals surface area contributed by atoms with Gasteiger partial charge in [0.25, 0.3) is 0 Å². The highest BCUT2D eigenvalue weighted by atomic mass is 35.5. The second kappa shape index (κ2) is 3.19. The third-order valence-corrected chi connectivity index (χ3v) is 0.778. The minimum absolute atomic E-state index is 0.294. The van der Waals surface area contributed by atoms with Gasteiger partial charge in [0.2, 0.25) is 0 Å². The Morgan fingerprint density at radius 1 is 2.00 bits per heavy atom. The molecule has 0 saturated carbocycles. The van der Waals surface area contributed by atoms with Crippen molar-refractivity contribution in [3.8, 4) is 0 Å². The molecular weight excluding hydrogens is 99.5 g/mol. The molecule has 0 N–H and O–H groups in total. The van der Waals surface area contributed by atoms with Crippen molar-refractivity contribution in [1.29, 1.82) is 0 Å². The summed E-state index contributed by atoms with van der Waals surface area (Å²) >= 11 is 5.20. The minimum Gasteiger partial charge on any atom is -0.231 e. The first-order chi connectivity index (χ1) is 2.81. The molecule has 1 radical (unpaired) electrons. The van der Waals surface area contributed by atoms with Crippen molar-refractivity contribution in [3.05, 3.63) is 11.1 Å². The molecule has 0 fully saturated rings. The van der Waals surface area contributed by atoms with Crippen LogP contribution in [0.3, 0.4) is 0 Å². The summed E-state index contributed by atoms with van der Waals surface area (Å²) in [5.74, 6) is 0. The van der Waals surface area contributed by atoms with E-state index in [0.29, 0.717) is 5.03 Å². The maximum absolute atomic E-state index is 9.66. The molecule has 35 valence electrons. The molecule has 6 heavy (non-hydrogen) atoms. The van der Waals surface area contributed by atoms with Gasteiger partial charge in [0.15, 0.2) is 0 Å². The molecule has 0 amide bonds. The van der Waals surface area contributed by atoms with Crippen LogP contribution >= 0.6 is 11.6 Å². The first-order valence-electron chi connectivity index (χ1n) is 1.70. The van der Waals surface area contributed by atoms with E-state index in [1.807, 2.05) is 0 Å². The highest BCUT2D eigenvalue weighted by Gasteiger charge is 1.80. The quantitative estimate of drug-likeness (QED) is 0.482. The summed E-state index contributed by atoms with van der Waals surface area (Å²) in [6.45, 7) is 1.44. The van der Waals surface area contributed by atoms with Crippen LogP contribution in [0.5, 0.6) is 0 Å². The first-order valence-corrected chi connectivity index (χ1v) is 2.08. The van der Waals surface area contributed by atoms with Gasteiger partial charge in [-0.25, -0.2) is 5.11 Å². The average molecular weight is 106 g/mol.